The summed E-state index contributed by atoms with van der Waals surface area (Å²) in [6, 6.07) is 7.09. The SMILES string of the molecule is C[C@H]1CN2CCC[C@H]2CN1C(=O)Nc1ccccc1S(=O)(=O)N1CCCCC1. The number of hydrogen-bond acceptors (Lipinski definition) is 4. The summed E-state index contributed by atoms with van der Waals surface area (Å²) in [6.45, 7) is 5.85. The van der Waals surface area contributed by atoms with E-state index in [9.17, 15) is 13.2 Å². The van der Waals surface area contributed by atoms with Gasteiger partial charge in [-0.05, 0) is 51.3 Å². The fourth-order valence-electron chi connectivity index (χ4n) is 4.70. The lowest BCUT2D eigenvalue weighted by Crippen LogP contribution is -2.57. The number of fused-ring (bicyclic) bond motifs is 1. The summed E-state index contributed by atoms with van der Waals surface area (Å²) in [6.07, 6.45) is 5.14. The number of piperidine rings is 1. The molecule has 28 heavy (non-hydrogen) atoms. The van der Waals surface area contributed by atoms with E-state index in [-0.39, 0.29) is 17.0 Å². The number of carbonyl (C=O) groups excluding carboxylic acids is 1. The molecular weight excluding hydrogens is 376 g/mol. The zero-order valence-corrected chi connectivity index (χ0v) is 17.3. The minimum Gasteiger partial charge on any atom is -0.319 e. The Kier molecular flexibility index (Phi) is 5.62. The number of piperazine rings is 1. The Balaban J connectivity index is 1.53. The number of para-hydroxylation sites is 1. The van der Waals surface area contributed by atoms with Gasteiger partial charge in [-0.2, -0.15) is 4.31 Å². The molecule has 3 aliphatic heterocycles. The number of anilines is 1. The maximum atomic E-state index is 13.1. The van der Waals surface area contributed by atoms with E-state index >= 15 is 0 Å². The highest BCUT2D eigenvalue weighted by atomic mass is 32.2. The molecule has 0 radical (unpaired) electrons. The van der Waals surface area contributed by atoms with Gasteiger partial charge in [-0.25, -0.2) is 13.2 Å². The molecule has 3 aliphatic rings. The molecule has 8 heteroatoms. The van der Waals surface area contributed by atoms with Crippen molar-refractivity contribution in [2.45, 2.75) is 56.0 Å². The van der Waals surface area contributed by atoms with Crippen LogP contribution in [0.3, 0.4) is 0 Å². The van der Waals surface area contributed by atoms with Gasteiger partial charge in [-0.15, -0.1) is 0 Å². The second kappa shape index (κ2) is 8.00. The van der Waals surface area contributed by atoms with Crippen molar-refractivity contribution in [1.82, 2.24) is 14.1 Å². The van der Waals surface area contributed by atoms with Crippen LogP contribution in [0.2, 0.25) is 0 Å². The molecule has 2 amide bonds. The second-order valence-electron chi connectivity index (χ2n) is 8.18. The van der Waals surface area contributed by atoms with E-state index in [0.717, 1.165) is 38.8 Å². The van der Waals surface area contributed by atoms with Crippen molar-refractivity contribution in [1.29, 1.82) is 0 Å². The van der Waals surface area contributed by atoms with Gasteiger partial charge in [0.15, 0.2) is 0 Å². The Morgan fingerprint density at radius 1 is 1.04 bits per heavy atom. The standard InChI is InChI=1S/C20H30N4O3S/c1-16-14-22-11-7-8-17(22)15-24(16)20(25)21-18-9-3-4-10-19(18)28(26,27)23-12-5-2-6-13-23/h3-4,9-10,16-17H,2,5-8,11-15H2,1H3,(H,21,25)/t16-,17-/m0/s1. The molecule has 0 aromatic heterocycles. The van der Waals surface area contributed by atoms with Crippen LogP contribution in [0.25, 0.3) is 0 Å². The average molecular weight is 407 g/mol. The van der Waals surface area contributed by atoms with Crippen LogP contribution in [0.5, 0.6) is 0 Å². The van der Waals surface area contributed by atoms with Crippen LogP contribution in [0.4, 0.5) is 10.5 Å². The Hall–Kier alpha value is -1.64. The molecule has 1 aromatic rings. The summed E-state index contributed by atoms with van der Waals surface area (Å²) < 4.78 is 27.8. The summed E-state index contributed by atoms with van der Waals surface area (Å²) in [7, 11) is -3.60. The summed E-state index contributed by atoms with van der Waals surface area (Å²) in [5.74, 6) is 0. The number of nitrogens with one attached hydrogen (secondary N) is 1. The minimum atomic E-state index is -3.60. The smallest absolute Gasteiger partial charge is 0.319 e. The minimum absolute atomic E-state index is 0.111. The molecule has 2 atom stereocenters. The van der Waals surface area contributed by atoms with Gasteiger partial charge in [0.05, 0.1) is 5.69 Å². The second-order valence-corrected chi connectivity index (χ2v) is 10.1. The number of rotatable bonds is 3. The Morgan fingerprint density at radius 3 is 2.57 bits per heavy atom. The molecule has 4 rings (SSSR count). The first kappa shape index (κ1) is 19.7. The average Bonchev–Trinajstić information content (AvgIpc) is 3.15. The van der Waals surface area contributed by atoms with E-state index in [0.29, 0.717) is 31.4 Å². The summed E-state index contributed by atoms with van der Waals surface area (Å²) in [5.41, 5.74) is 0.374. The monoisotopic (exact) mass is 406 g/mol. The molecule has 3 saturated heterocycles. The first-order valence-corrected chi connectivity index (χ1v) is 11.8. The molecule has 3 fully saturated rings. The normalized spacial score (nSPS) is 26.8. The van der Waals surface area contributed by atoms with Gasteiger partial charge in [-0.1, -0.05) is 18.6 Å². The lowest BCUT2D eigenvalue weighted by molar-refractivity contribution is 0.0861. The van der Waals surface area contributed by atoms with Crippen molar-refractivity contribution in [2.24, 2.45) is 0 Å². The van der Waals surface area contributed by atoms with Crippen LogP contribution in [0.1, 0.15) is 39.0 Å². The molecule has 1 aromatic carbocycles. The highest BCUT2D eigenvalue weighted by Crippen LogP contribution is 2.29. The number of carbonyl (C=O) groups is 1. The first-order chi connectivity index (χ1) is 13.5. The van der Waals surface area contributed by atoms with Crippen molar-refractivity contribution in [3.8, 4) is 0 Å². The van der Waals surface area contributed by atoms with Crippen molar-refractivity contribution in [2.75, 3.05) is 38.0 Å². The van der Waals surface area contributed by atoms with Crippen LogP contribution >= 0.6 is 0 Å². The van der Waals surface area contributed by atoms with Crippen LogP contribution in [0.15, 0.2) is 29.2 Å². The third kappa shape index (κ3) is 3.77. The molecule has 0 bridgehead atoms. The molecule has 0 spiro atoms. The highest BCUT2D eigenvalue weighted by Gasteiger charge is 2.37. The quantitative estimate of drug-likeness (QED) is 0.837. The maximum absolute atomic E-state index is 13.1. The van der Waals surface area contributed by atoms with Gasteiger partial charge in [0.2, 0.25) is 10.0 Å². The Bertz CT molecular complexity index is 822. The van der Waals surface area contributed by atoms with Crippen LogP contribution in [-0.4, -0.2) is 73.4 Å². The van der Waals surface area contributed by atoms with E-state index in [1.165, 1.54) is 6.42 Å². The number of nitrogens with zero attached hydrogens (tertiary/aromatic N) is 3. The van der Waals surface area contributed by atoms with E-state index in [2.05, 4.69) is 17.1 Å². The topological polar surface area (TPSA) is 73.0 Å². The van der Waals surface area contributed by atoms with E-state index in [1.807, 2.05) is 4.90 Å². The predicted molar refractivity (Wildman–Crippen MR) is 109 cm³/mol. The molecule has 0 saturated carbocycles. The third-order valence-corrected chi connectivity index (χ3v) is 8.22. The van der Waals surface area contributed by atoms with Crippen molar-refractivity contribution >= 4 is 21.7 Å². The molecule has 3 heterocycles. The lowest BCUT2D eigenvalue weighted by atomic mass is 10.1. The van der Waals surface area contributed by atoms with E-state index < -0.39 is 10.0 Å². The summed E-state index contributed by atoms with van der Waals surface area (Å²) in [4.78, 5) is 17.5. The number of sulfonamides is 1. The van der Waals surface area contributed by atoms with Crippen molar-refractivity contribution in [3.63, 3.8) is 0 Å². The predicted octanol–water partition coefficient (Wildman–Crippen LogP) is 2.56. The molecule has 0 aliphatic carbocycles. The van der Waals surface area contributed by atoms with Crippen molar-refractivity contribution in [3.05, 3.63) is 24.3 Å². The molecular formula is C20H30N4O3S. The van der Waals surface area contributed by atoms with E-state index in [1.54, 1.807) is 28.6 Å². The molecule has 1 N–H and O–H groups in total. The van der Waals surface area contributed by atoms with Crippen LogP contribution in [-0.2, 0) is 10.0 Å². The zero-order chi connectivity index (χ0) is 19.7. The van der Waals surface area contributed by atoms with Crippen molar-refractivity contribution < 1.29 is 13.2 Å². The molecule has 0 unspecified atom stereocenters. The Labute approximate surface area is 167 Å². The number of benzene rings is 1. The lowest BCUT2D eigenvalue weighted by Gasteiger charge is -2.42. The van der Waals surface area contributed by atoms with Crippen LogP contribution in [0, 0.1) is 0 Å². The fourth-order valence-corrected chi connectivity index (χ4v) is 6.36. The number of hydrogen-bond donors (Lipinski definition) is 1. The van der Waals surface area contributed by atoms with E-state index in [4.69, 9.17) is 0 Å². The largest absolute Gasteiger partial charge is 0.322 e. The van der Waals surface area contributed by atoms with Gasteiger partial charge in [-0.3, -0.25) is 4.90 Å². The number of amides is 2. The van der Waals surface area contributed by atoms with Gasteiger partial charge in [0, 0.05) is 38.3 Å². The van der Waals surface area contributed by atoms with Gasteiger partial charge in [0.25, 0.3) is 0 Å². The fraction of sp³-hybridized carbons (Fsp3) is 0.650. The zero-order valence-electron chi connectivity index (χ0n) is 16.5. The van der Waals surface area contributed by atoms with Gasteiger partial charge in [0.1, 0.15) is 4.90 Å². The van der Waals surface area contributed by atoms with Gasteiger partial charge < -0.3 is 10.2 Å². The van der Waals surface area contributed by atoms with Crippen LogP contribution < -0.4 is 5.32 Å². The molecule has 154 valence electrons. The first-order valence-electron chi connectivity index (χ1n) is 10.4. The summed E-state index contributed by atoms with van der Waals surface area (Å²) in [5, 5.41) is 2.90. The molecule has 7 nitrogen and oxygen atoms in total. The number of urea groups is 1. The third-order valence-electron chi connectivity index (χ3n) is 6.26. The highest BCUT2D eigenvalue weighted by molar-refractivity contribution is 7.89. The maximum Gasteiger partial charge on any atom is 0.322 e. The summed E-state index contributed by atoms with van der Waals surface area (Å²) >= 11 is 0. The Morgan fingerprint density at radius 2 is 1.79 bits per heavy atom. The van der Waals surface area contributed by atoms with Gasteiger partial charge >= 0.3 is 6.03 Å².